The SMILES string of the molecule is Cn1cc(C(=O)Nc2ccccc2-c2ccccc2)c(C(F)(F)F)c1. The van der Waals surface area contributed by atoms with Gasteiger partial charge in [-0.25, -0.2) is 0 Å². The van der Waals surface area contributed by atoms with Gasteiger partial charge in [0.25, 0.3) is 5.91 Å². The average molecular weight is 344 g/mol. The minimum absolute atomic E-state index is 0.405. The Bertz CT molecular complexity index is 899. The normalized spacial score (nSPS) is 11.4. The number of aromatic nitrogens is 1. The number of carbonyl (C=O) groups is 1. The predicted octanol–water partition coefficient (Wildman–Crippen LogP) is 4.96. The van der Waals surface area contributed by atoms with Gasteiger partial charge < -0.3 is 9.88 Å². The number of hydrogen-bond acceptors (Lipinski definition) is 1. The zero-order valence-corrected chi connectivity index (χ0v) is 13.3. The lowest BCUT2D eigenvalue weighted by atomic mass is 10.0. The minimum Gasteiger partial charge on any atom is -0.356 e. The van der Waals surface area contributed by atoms with Crippen LogP contribution in [0, 0.1) is 0 Å². The van der Waals surface area contributed by atoms with Crippen LogP contribution in [0.25, 0.3) is 11.1 Å². The van der Waals surface area contributed by atoms with Crippen LogP contribution in [0.3, 0.4) is 0 Å². The fourth-order valence-corrected chi connectivity index (χ4v) is 2.64. The molecular formula is C19H15F3N2O. The van der Waals surface area contributed by atoms with E-state index in [-0.39, 0.29) is 0 Å². The standard InChI is InChI=1S/C19H15F3N2O/c1-24-11-15(16(12-24)19(20,21)22)18(25)23-17-10-6-5-9-14(17)13-7-3-2-4-8-13/h2-12H,1H3,(H,23,25). The van der Waals surface area contributed by atoms with Crippen molar-refractivity contribution in [2.45, 2.75) is 6.18 Å². The average Bonchev–Trinajstić information content (AvgIpc) is 2.99. The van der Waals surface area contributed by atoms with Crippen molar-refractivity contribution in [3.05, 3.63) is 78.1 Å². The van der Waals surface area contributed by atoms with Gasteiger partial charge in [0.05, 0.1) is 11.1 Å². The van der Waals surface area contributed by atoms with Crippen molar-refractivity contribution in [2.24, 2.45) is 7.05 Å². The summed E-state index contributed by atoms with van der Waals surface area (Å²) >= 11 is 0. The van der Waals surface area contributed by atoms with Crippen LogP contribution in [-0.2, 0) is 13.2 Å². The van der Waals surface area contributed by atoms with Crippen molar-refractivity contribution in [1.29, 1.82) is 0 Å². The van der Waals surface area contributed by atoms with Crippen LogP contribution in [0.15, 0.2) is 67.0 Å². The Balaban J connectivity index is 1.96. The number of para-hydroxylation sites is 1. The molecule has 1 N–H and O–H groups in total. The summed E-state index contributed by atoms with van der Waals surface area (Å²) in [4.78, 5) is 12.5. The molecule has 1 aromatic heterocycles. The number of alkyl halides is 3. The van der Waals surface area contributed by atoms with Gasteiger partial charge in [-0.15, -0.1) is 0 Å². The fourth-order valence-electron chi connectivity index (χ4n) is 2.64. The highest BCUT2D eigenvalue weighted by atomic mass is 19.4. The van der Waals surface area contributed by atoms with Gasteiger partial charge in [-0.3, -0.25) is 4.79 Å². The van der Waals surface area contributed by atoms with Gasteiger partial charge in [-0.2, -0.15) is 13.2 Å². The van der Waals surface area contributed by atoms with E-state index in [4.69, 9.17) is 0 Å². The molecule has 1 heterocycles. The number of aryl methyl sites for hydroxylation is 1. The minimum atomic E-state index is -4.59. The molecule has 128 valence electrons. The zero-order valence-electron chi connectivity index (χ0n) is 13.3. The molecule has 0 bridgehead atoms. The smallest absolute Gasteiger partial charge is 0.356 e. The van der Waals surface area contributed by atoms with Crippen LogP contribution >= 0.6 is 0 Å². The van der Waals surface area contributed by atoms with Gasteiger partial charge in [0, 0.05) is 30.7 Å². The van der Waals surface area contributed by atoms with Crippen molar-refractivity contribution in [1.82, 2.24) is 4.57 Å². The first-order chi connectivity index (χ1) is 11.9. The molecule has 3 aromatic rings. The van der Waals surface area contributed by atoms with E-state index in [0.717, 1.165) is 17.3 Å². The molecule has 0 unspecified atom stereocenters. The molecule has 0 aliphatic heterocycles. The number of nitrogens with one attached hydrogen (secondary N) is 1. The second kappa shape index (κ2) is 6.47. The number of rotatable bonds is 3. The molecule has 3 rings (SSSR count). The number of anilines is 1. The zero-order chi connectivity index (χ0) is 18.0. The molecular weight excluding hydrogens is 329 g/mol. The van der Waals surface area contributed by atoms with Crippen LogP contribution in [-0.4, -0.2) is 10.5 Å². The van der Waals surface area contributed by atoms with E-state index >= 15 is 0 Å². The van der Waals surface area contributed by atoms with Crippen molar-refractivity contribution in [3.63, 3.8) is 0 Å². The van der Waals surface area contributed by atoms with Crippen LogP contribution < -0.4 is 5.32 Å². The molecule has 0 aliphatic rings. The highest BCUT2D eigenvalue weighted by Gasteiger charge is 2.36. The van der Waals surface area contributed by atoms with Crippen molar-refractivity contribution < 1.29 is 18.0 Å². The van der Waals surface area contributed by atoms with Crippen molar-refractivity contribution in [3.8, 4) is 11.1 Å². The largest absolute Gasteiger partial charge is 0.418 e. The molecule has 0 atom stereocenters. The van der Waals surface area contributed by atoms with Gasteiger partial charge in [-0.05, 0) is 11.6 Å². The first-order valence-corrected chi connectivity index (χ1v) is 7.55. The molecule has 0 aliphatic carbocycles. The highest BCUT2D eigenvalue weighted by Crippen LogP contribution is 2.33. The van der Waals surface area contributed by atoms with E-state index in [1.165, 1.54) is 17.8 Å². The van der Waals surface area contributed by atoms with Crippen LogP contribution in [0.1, 0.15) is 15.9 Å². The molecule has 2 aromatic carbocycles. The summed E-state index contributed by atoms with van der Waals surface area (Å²) in [6, 6.07) is 16.3. The second-order valence-electron chi connectivity index (χ2n) is 5.61. The lowest BCUT2D eigenvalue weighted by Gasteiger charge is -2.12. The summed E-state index contributed by atoms with van der Waals surface area (Å²) in [7, 11) is 1.45. The topological polar surface area (TPSA) is 34.0 Å². The summed E-state index contributed by atoms with van der Waals surface area (Å²) in [5.74, 6) is -0.795. The van der Waals surface area contributed by atoms with Gasteiger partial charge in [-0.1, -0.05) is 48.5 Å². The van der Waals surface area contributed by atoms with Crippen molar-refractivity contribution >= 4 is 11.6 Å². The monoisotopic (exact) mass is 344 g/mol. The Labute approximate surface area is 142 Å². The van der Waals surface area contributed by atoms with Gasteiger partial charge >= 0.3 is 6.18 Å². The van der Waals surface area contributed by atoms with Crippen LogP contribution in [0.2, 0.25) is 0 Å². The second-order valence-corrected chi connectivity index (χ2v) is 5.61. The lowest BCUT2D eigenvalue weighted by molar-refractivity contribution is -0.137. The molecule has 1 amide bonds. The third kappa shape index (κ3) is 3.57. The lowest BCUT2D eigenvalue weighted by Crippen LogP contribution is -2.17. The molecule has 0 spiro atoms. The first-order valence-electron chi connectivity index (χ1n) is 7.55. The number of carbonyl (C=O) groups excluding carboxylic acids is 1. The predicted molar refractivity (Wildman–Crippen MR) is 90.2 cm³/mol. The summed E-state index contributed by atoms with van der Waals surface area (Å²) < 4.78 is 40.6. The molecule has 6 heteroatoms. The Hall–Kier alpha value is -3.02. The summed E-state index contributed by atoms with van der Waals surface area (Å²) in [6.45, 7) is 0. The van der Waals surface area contributed by atoms with E-state index in [2.05, 4.69) is 5.32 Å². The molecule has 0 saturated carbocycles. The quantitative estimate of drug-likeness (QED) is 0.716. The molecule has 0 fully saturated rings. The Morgan fingerprint density at radius 2 is 1.60 bits per heavy atom. The highest BCUT2D eigenvalue weighted by molar-refractivity contribution is 6.07. The van der Waals surface area contributed by atoms with E-state index in [1.807, 2.05) is 36.4 Å². The van der Waals surface area contributed by atoms with E-state index < -0.39 is 23.2 Å². The molecule has 0 saturated heterocycles. The molecule has 3 nitrogen and oxygen atoms in total. The summed E-state index contributed by atoms with van der Waals surface area (Å²) in [6.07, 6.45) is -2.52. The third-order valence-electron chi connectivity index (χ3n) is 3.77. The number of nitrogens with zero attached hydrogens (tertiary/aromatic N) is 1. The summed E-state index contributed by atoms with van der Waals surface area (Å²) in [5.41, 5.74) is 0.696. The Morgan fingerprint density at radius 3 is 2.28 bits per heavy atom. The van der Waals surface area contributed by atoms with Gasteiger partial charge in [0.15, 0.2) is 0 Å². The van der Waals surface area contributed by atoms with Crippen LogP contribution in [0.4, 0.5) is 18.9 Å². The Kier molecular flexibility index (Phi) is 4.35. The molecule has 25 heavy (non-hydrogen) atoms. The molecule has 0 radical (unpaired) electrons. The maximum atomic E-state index is 13.1. The maximum absolute atomic E-state index is 13.1. The summed E-state index contributed by atoms with van der Waals surface area (Å²) in [5, 5.41) is 2.60. The third-order valence-corrected chi connectivity index (χ3v) is 3.77. The van der Waals surface area contributed by atoms with Gasteiger partial charge in [0.1, 0.15) is 0 Å². The number of benzene rings is 2. The van der Waals surface area contributed by atoms with E-state index in [0.29, 0.717) is 5.69 Å². The van der Waals surface area contributed by atoms with E-state index in [9.17, 15) is 18.0 Å². The Morgan fingerprint density at radius 1 is 0.960 bits per heavy atom. The first kappa shape index (κ1) is 16.8. The number of halogens is 3. The van der Waals surface area contributed by atoms with E-state index in [1.54, 1.807) is 18.2 Å². The van der Waals surface area contributed by atoms with Gasteiger partial charge in [0.2, 0.25) is 0 Å². The number of hydrogen-bond donors (Lipinski definition) is 1. The van der Waals surface area contributed by atoms with Crippen LogP contribution in [0.5, 0.6) is 0 Å². The van der Waals surface area contributed by atoms with Crippen molar-refractivity contribution in [2.75, 3.05) is 5.32 Å². The number of amides is 1. The fraction of sp³-hybridized carbons (Fsp3) is 0.105. The maximum Gasteiger partial charge on any atom is 0.418 e.